The maximum absolute atomic E-state index is 12.8. The molecule has 1 aliphatic heterocycles. The Morgan fingerprint density at radius 3 is 2.75 bits per heavy atom. The fourth-order valence-electron chi connectivity index (χ4n) is 2.69. The first-order valence-electron chi connectivity index (χ1n) is 7.31. The molecule has 1 aromatic carbocycles. The minimum Gasteiger partial charge on any atom is -0.330 e. The molecule has 0 saturated carbocycles. The maximum Gasteiger partial charge on any atom is 0.284 e. The van der Waals surface area contributed by atoms with Crippen molar-refractivity contribution < 1.29 is 14.8 Å². The molecule has 1 aliphatic rings. The molecule has 124 valence electrons. The number of nitrogens with one attached hydrogen (secondary N) is 1. The lowest BCUT2D eigenvalue weighted by Gasteiger charge is -2.29. The molecule has 5 nitrogen and oxygen atoms in total. The summed E-state index contributed by atoms with van der Waals surface area (Å²) in [4.78, 5) is 27.5. The number of carbonyl (C=O) groups excluding carboxylic acids is 2. The SMILES string of the molecule is C/C=C1/CN(C(=O)c2ccccc2Cl)Cc2cc(C(=O)NO)sc21. The highest BCUT2D eigenvalue weighted by Gasteiger charge is 2.28. The second-order valence-electron chi connectivity index (χ2n) is 5.36. The molecule has 1 aromatic heterocycles. The number of hydrogen-bond acceptors (Lipinski definition) is 4. The van der Waals surface area contributed by atoms with Crippen molar-refractivity contribution in [2.45, 2.75) is 13.5 Å². The highest BCUT2D eigenvalue weighted by molar-refractivity contribution is 7.15. The van der Waals surface area contributed by atoms with Crippen molar-refractivity contribution in [1.29, 1.82) is 0 Å². The Hall–Kier alpha value is -2.15. The van der Waals surface area contributed by atoms with Gasteiger partial charge >= 0.3 is 0 Å². The van der Waals surface area contributed by atoms with E-state index in [0.717, 1.165) is 16.0 Å². The van der Waals surface area contributed by atoms with Gasteiger partial charge in [-0.25, -0.2) is 5.48 Å². The summed E-state index contributed by atoms with van der Waals surface area (Å²) in [5.41, 5.74) is 3.96. The molecule has 2 aromatic rings. The van der Waals surface area contributed by atoms with Crippen LogP contribution >= 0.6 is 22.9 Å². The Bertz CT molecular complexity index is 844. The molecule has 24 heavy (non-hydrogen) atoms. The zero-order valence-corrected chi connectivity index (χ0v) is 14.4. The van der Waals surface area contributed by atoms with Gasteiger partial charge in [0, 0.05) is 18.0 Å². The zero-order chi connectivity index (χ0) is 17.3. The van der Waals surface area contributed by atoms with E-state index in [2.05, 4.69) is 0 Å². The predicted octanol–water partition coefficient (Wildman–Crippen LogP) is 3.58. The van der Waals surface area contributed by atoms with Crippen molar-refractivity contribution in [3.8, 4) is 0 Å². The lowest BCUT2D eigenvalue weighted by Crippen LogP contribution is -2.35. The zero-order valence-electron chi connectivity index (χ0n) is 12.9. The van der Waals surface area contributed by atoms with Gasteiger partial charge < -0.3 is 4.90 Å². The fraction of sp³-hybridized carbons (Fsp3) is 0.176. The lowest BCUT2D eigenvalue weighted by molar-refractivity contribution is 0.0711. The molecule has 3 rings (SSSR count). The van der Waals surface area contributed by atoms with Crippen LogP contribution in [-0.2, 0) is 6.54 Å². The van der Waals surface area contributed by atoms with Gasteiger partial charge in [0.1, 0.15) is 0 Å². The van der Waals surface area contributed by atoms with Gasteiger partial charge in [0.05, 0.1) is 15.5 Å². The minimum absolute atomic E-state index is 0.148. The van der Waals surface area contributed by atoms with Gasteiger partial charge in [-0.3, -0.25) is 14.8 Å². The van der Waals surface area contributed by atoms with Crippen LogP contribution in [0.2, 0.25) is 5.02 Å². The Morgan fingerprint density at radius 2 is 2.08 bits per heavy atom. The van der Waals surface area contributed by atoms with Crippen LogP contribution in [0.5, 0.6) is 0 Å². The highest BCUT2D eigenvalue weighted by Crippen LogP contribution is 2.35. The molecule has 0 fully saturated rings. The molecule has 2 N–H and O–H groups in total. The third-order valence-electron chi connectivity index (χ3n) is 3.89. The summed E-state index contributed by atoms with van der Waals surface area (Å²) in [6.07, 6.45) is 1.93. The Morgan fingerprint density at radius 1 is 1.33 bits per heavy atom. The number of fused-ring (bicyclic) bond motifs is 1. The number of halogens is 1. The summed E-state index contributed by atoms with van der Waals surface area (Å²) in [5.74, 6) is -0.696. The molecule has 0 radical (unpaired) electrons. The summed E-state index contributed by atoms with van der Waals surface area (Å²) >= 11 is 7.44. The molecule has 2 heterocycles. The number of amides is 2. The van der Waals surface area contributed by atoms with E-state index in [0.29, 0.717) is 28.6 Å². The number of rotatable bonds is 2. The van der Waals surface area contributed by atoms with Gasteiger partial charge in [-0.1, -0.05) is 29.8 Å². The monoisotopic (exact) mass is 362 g/mol. The van der Waals surface area contributed by atoms with E-state index in [9.17, 15) is 9.59 Å². The topological polar surface area (TPSA) is 69.6 Å². The van der Waals surface area contributed by atoms with Crippen molar-refractivity contribution in [1.82, 2.24) is 10.4 Å². The lowest BCUT2D eigenvalue weighted by atomic mass is 10.0. The first-order valence-corrected chi connectivity index (χ1v) is 8.51. The van der Waals surface area contributed by atoms with E-state index in [1.54, 1.807) is 40.7 Å². The van der Waals surface area contributed by atoms with Gasteiger partial charge in [-0.2, -0.15) is 0 Å². The van der Waals surface area contributed by atoms with Gasteiger partial charge in [0.25, 0.3) is 11.8 Å². The summed E-state index contributed by atoms with van der Waals surface area (Å²) in [6.45, 7) is 2.74. The van der Waals surface area contributed by atoms with Gasteiger partial charge in [-0.05, 0) is 36.3 Å². The molecule has 2 amide bonds. The van der Waals surface area contributed by atoms with E-state index in [1.165, 1.54) is 11.3 Å². The fourth-order valence-corrected chi connectivity index (χ4v) is 4.04. The minimum atomic E-state index is -0.547. The summed E-state index contributed by atoms with van der Waals surface area (Å²) in [6, 6.07) is 8.66. The number of allylic oxidation sites excluding steroid dienone is 1. The van der Waals surface area contributed by atoms with Gasteiger partial charge in [-0.15, -0.1) is 11.3 Å². The number of carbonyl (C=O) groups is 2. The summed E-state index contributed by atoms with van der Waals surface area (Å²) in [5, 5.41) is 9.22. The van der Waals surface area contributed by atoms with E-state index >= 15 is 0 Å². The van der Waals surface area contributed by atoms with Crippen LogP contribution in [-0.4, -0.2) is 28.5 Å². The molecule has 0 aliphatic carbocycles. The summed E-state index contributed by atoms with van der Waals surface area (Å²) < 4.78 is 0. The molecule has 0 bridgehead atoms. The molecular weight excluding hydrogens is 348 g/mol. The third kappa shape index (κ3) is 2.96. The number of thiophene rings is 1. The Labute approximate surface area is 148 Å². The molecule has 0 saturated heterocycles. The third-order valence-corrected chi connectivity index (χ3v) is 5.47. The van der Waals surface area contributed by atoms with Crippen LogP contribution in [0.15, 0.2) is 36.4 Å². The number of hydrogen-bond donors (Lipinski definition) is 2. The van der Waals surface area contributed by atoms with Crippen LogP contribution in [0, 0.1) is 0 Å². The standard InChI is InChI=1S/C17H15ClN2O3S/c1-2-10-8-20(17(22)12-5-3-4-6-13(12)18)9-11-7-14(16(21)19-23)24-15(10)11/h2-7,23H,8-9H2,1H3,(H,19,21)/b10-2-. The average Bonchev–Trinajstić information content (AvgIpc) is 3.04. The van der Waals surface area contributed by atoms with Crippen LogP contribution < -0.4 is 5.48 Å². The quantitative estimate of drug-likeness (QED) is 0.633. The number of hydroxylamine groups is 1. The van der Waals surface area contributed by atoms with Crippen molar-refractivity contribution >= 4 is 40.3 Å². The second kappa shape index (κ2) is 6.76. The van der Waals surface area contributed by atoms with Gasteiger partial charge in [0.2, 0.25) is 0 Å². The maximum atomic E-state index is 12.8. The molecule has 0 unspecified atom stereocenters. The largest absolute Gasteiger partial charge is 0.330 e. The average molecular weight is 363 g/mol. The second-order valence-corrected chi connectivity index (χ2v) is 6.82. The first kappa shape index (κ1) is 16.7. The Balaban J connectivity index is 1.95. The first-order chi connectivity index (χ1) is 11.5. The van der Waals surface area contributed by atoms with Crippen LogP contribution in [0.4, 0.5) is 0 Å². The van der Waals surface area contributed by atoms with Gasteiger partial charge in [0.15, 0.2) is 0 Å². The Kier molecular flexibility index (Phi) is 4.71. The smallest absolute Gasteiger partial charge is 0.284 e. The normalized spacial score (nSPS) is 15.3. The summed E-state index contributed by atoms with van der Waals surface area (Å²) in [7, 11) is 0. The van der Waals surface area contributed by atoms with E-state index in [-0.39, 0.29) is 5.91 Å². The molecular formula is C17H15ClN2O3S. The van der Waals surface area contributed by atoms with Crippen molar-refractivity contribution in [3.63, 3.8) is 0 Å². The number of benzene rings is 1. The predicted molar refractivity (Wildman–Crippen MR) is 93.4 cm³/mol. The van der Waals surface area contributed by atoms with E-state index < -0.39 is 5.91 Å². The molecule has 0 atom stereocenters. The van der Waals surface area contributed by atoms with Crippen molar-refractivity contribution in [2.75, 3.05) is 6.54 Å². The van der Waals surface area contributed by atoms with Crippen molar-refractivity contribution in [2.24, 2.45) is 0 Å². The van der Waals surface area contributed by atoms with Crippen LogP contribution in [0.3, 0.4) is 0 Å². The van der Waals surface area contributed by atoms with E-state index in [4.69, 9.17) is 16.8 Å². The van der Waals surface area contributed by atoms with Crippen molar-refractivity contribution in [3.05, 3.63) is 62.3 Å². The number of nitrogens with zero attached hydrogens (tertiary/aromatic N) is 1. The van der Waals surface area contributed by atoms with Crippen LogP contribution in [0.1, 0.15) is 37.4 Å². The highest BCUT2D eigenvalue weighted by atomic mass is 35.5. The molecule has 7 heteroatoms. The van der Waals surface area contributed by atoms with Crippen LogP contribution in [0.25, 0.3) is 5.57 Å². The van der Waals surface area contributed by atoms with E-state index in [1.807, 2.05) is 13.0 Å². The molecule has 0 spiro atoms.